The van der Waals surface area contributed by atoms with Gasteiger partial charge in [0.2, 0.25) is 0 Å². The van der Waals surface area contributed by atoms with Crippen molar-refractivity contribution >= 4 is 21.7 Å². The first-order chi connectivity index (χ1) is 11.3. The van der Waals surface area contributed by atoms with Gasteiger partial charge in [0.05, 0.1) is 11.5 Å². The maximum atomic E-state index is 12.7. The van der Waals surface area contributed by atoms with Crippen LogP contribution in [-0.4, -0.2) is 63.0 Å². The lowest BCUT2D eigenvalue weighted by atomic mass is 10.2. The second-order valence-electron chi connectivity index (χ2n) is 5.46. The quantitative estimate of drug-likeness (QED) is 0.683. The van der Waals surface area contributed by atoms with E-state index in [0.717, 1.165) is 0 Å². The topological polar surface area (TPSA) is 90.0 Å². The molecule has 1 aliphatic rings. The summed E-state index contributed by atoms with van der Waals surface area (Å²) in [5, 5.41) is 0. The summed E-state index contributed by atoms with van der Waals surface area (Å²) in [6, 6.07) is 4.71. The standard InChI is InChI=1S/C15H18FNO6S/c1-17(12-6-7-24(20,21)10-12)14(18)8-23-15(19)9-22-13-4-2-11(16)3-5-13/h2-5,12H,6-10H2,1H3/t12-/m0/s1. The van der Waals surface area contributed by atoms with Crippen LogP contribution in [0.25, 0.3) is 0 Å². The maximum absolute atomic E-state index is 12.7. The molecule has 1 fully saturated rings. The molecule has 7 nitrogen and oxygen atoms in total. The molecule has 1 aliphatic heterocycles. The van der Waals surface area contributed by atoms with Crippen LogP contribution in [0.3, 0.4) is 0 Å². The van der Waals surface area contributed by atoms with Gasteiger partial charge in [0.15, 0.2) is 23.1 Å². The van der Waals surface area contributed by atoms with Gasteiger partial charge in [-0.25, -0.2) is 17.6 Å². The summed E-state index contributed by atoms with van der Waals surface area (Å²) < 4.78 is 45.4. The number of amides is 1. The Balaban J connectivity index is 1.72. The van der Waals surface area contributed by atoms with Crippen molar-refractivity contribution in [2.24, 2.45) is 0 Å². The minimum absolute atomic E-state index is 0.0561. The van der Waals surface area contributed by atoms with Gasteiger partial charge < -0.3 is 14.4 Å². The fourth-order valence-electron chi connectivity index (χ4n) is 2.24. The highest BCUT2D eigenvalue weighted by atomic mass is 32.2. The second-order valence-corrected chi connectivity index (χ2v) is 7.69. The zero-order valence-electron chi connectivity index (χ0n) is 13.1. The molecule has 1 aromatic rings. The molecule has 9 heteroatoms. The Kier molecular flexibility index (Phi) is 5.76. The minimum Gasteiger partial charge on any atom is -0.482 e. The number of carbonyl (C=O) groups excluding carboxylic acids is 2. The first-order valence-electron chi connectivity index (χ1n) is 7.27. The Morgan fingerprint density at radius 3 is 2.50 bits per heavy atom. The molecule has 0 spiro atoms. The van der Waals surface area contributed by atoms with Crippen molar-refractivity contribution in [3.8, 4) is 5.75 Å². The molecule has 0 aliphatic carbocycles. The zero-order chi connectivity index (χ0) is 17.7. The summed E-state index contributed by atoms with van der Waals surface area (Å²) in [6.45, 7) is -0.904. The van der Waals surface area contributed by atoms with Crippen LogP contribution in [0.1, 0.15) is 6.42 Å². The number of nitrogens with zero attached hydrogens (tertiary/aromatic N) is 1. The van der Waals surface area contributed by atoms with Crippen molar-refractivity contribution in [3.63, 3.8) is 0 Å². The van der Waals surface area contributed by atoms with Crippen LogP contribution in [0.4, 0.5) is 4.39 Å². The van der Waals surface area contributed by atoms with E-state index in [-0.39, 0.29) is 11.5 Å². The number of likely N-dealkylation sites (N-methyl/N-ethyl adjacent to an activating group) is 1. The predicted octanol–water partition coefficient (Wildman–Crippen LogP) is 0.393. The molecule has 0 radical (unpaired) electrons. The van der Waals surface area contributed by atoms with Gasteiger partial charge in [0.1, 0.15) is 11.6 Å². The van der Waals surface area contributed by atoms with E-state index in [1.807, 2.05) is 0 Å². The predicted molar refractivity (Wildman–Crippen MR) is 82.7 cm³/mol. The number of hydrogen-bond donors (Lipinski definition) is 0. The summed E-state index contributed by atoms with van der Waals surface area (Å²) in [4.78, 5) is 24.8. The van der Waals surface area contributed by atoms with Gasteiger partial charge in [-0.15, -0.1) is 0 Å². The van der Waals surface area contributed by atoms with E-state index in [1.165, 1.54) is 36.2 Å². The number of ether oxygens (including phenoxy) is 2. The third kappa shape index (κ3) is 5.19. The zero-order valence-corrected chi connectivity index (χ0v) is 13.9. The normalized spacial score (nSPS) is 18.8. The van der Waals surface area contributed by atoms with Crippen LogP contribution in [0.15, 0.2) is 24.3 Å². The van der Waals surface area contributed by atoms with E-state index >= 15 is 0 Å². The molecule has 0 N–H and O–H groups in total. The van der Waals surface area contributed by atoms with Gasteiger partial charge >= 0.3 is 5.97 Å². The van der Waals surface area contributed by atoms with Gasteiger partial charge in [-0.05, 0) is 30.7 Å². The van der Waals surface area contributed by atoms with Crippen LogP contribution < -0.4 is 4.74 Å². The number of halogens is 1. The van der Waals surface area contributed by atoms with Crippen molar-refractivity contribution < 1.29 is 31.9 Å². The van der Waals surface area contributed by atoms with Gasteiger partial charge in [-0.2, -0.15) is 0 Å². The molecular formula is C15H18FNO6S. The fourth-order valence-corrected chi connectivity index (χ4v) is 4.02. The number of rotatable bonds is 6. The smallest absolute Gasteiger partial charge is 0.344 e. The molecule has 1 aromatic carbocycles. The lowest BCUT2D eigenvalue weighted by Gasteiger charge is -2.23. The first kappa shape index (κ1) is 18.2. The molecule has 132 valence electrons. The average molecular weight is 359 g/mol. The van der Waals surface area contributed by atoms with Crippen molar-refractivity contribution in [2.45, 2.75) is 12.5 Å². The highest BCUT2D eigenvalue weighted by molar-refractivity contribution is 7.91. The molecule has 2 rings (SSSR count). The molecule has 1 saturated heterocycles. The number of carbonyl (C=O) groups is 2. The Morgan fingerprint density at radius 2 is 1.92 bits per heavy atom. The lowest BCUT2D eigenvalue weighted by Crippen LogP contribution is -2.40. The van der Waals surface area contributed by atoms with Crippen molar-refractivity contribution in [2.75, 3.05) is 31.8 Å². The molecule has 0 aromatic heterocycles. The summed E-state index contributed by atoms with van der Waals surface area (Å²) in [6.07, 6.45) is 0.381. The average Bonchev–Trinajstić information content (AvgIpc) is 2.91. The van der Waals surface area contributed by atoms with E-state index in [4.69, 9.17) is 9.47 Å². The number of benzene rings is 1. The van der Waals surface area contributed by atoms with E-state index in [0.29, 0.717) is 12.2 Å². The van der Waals surface area contributed by atoms with Crippen LogP contribution in [-0.2, 0) is 24.2 Å². The van der Waals surface area contributed by atoms with E-state index in [1.54, 1.807) is 0 Å². The van der Waals surface area contributed by atoms with E-state index < -0.39 is 46.8 Å². The largest absolute Gasteiger partial charge is 0.482 e. The van der Waals surface area contributed by atoms with Crippen LogP contribution in [0.5, 0.6) is 5.75 Å². The highest BCUT2D eigenvalue weighted by Crippen LogP contribution is 2.16. The van der Waals surface area contributed by atoms with E-state index in [9.17, 15) is 22.4 Å². The lowest BCUT2D eigenvalue weighted by molar-refractivity contribution is -0.153. The van der Waals surface area contributed by atoms with Crippen molar-refractivity contribution in [3.05, 3.63) is 30.1 Å². The Bertz CT molecular complexity index is 703. The summed E-state index contributed by atoms with van der Waals surface area (Å²) >= 11 is 0. The molecular weight excluding hydrogens is 341 g/mol. The molecule has 1 atom stereocenters. The Hall–Kier alpha value is -2.16. The SMILES string of the molecule is CN(C(=O)COC(=O)COc1ccc(F)cc1)[C@H]1CCS(=O)(=O)C1. The van der Waals surface area contributed by atoms with Crippen molar-refractivity contribution in [1.29, 1.82) is 0 Å². The third-order valence-corrected chi connectivity index (χ3v) is 5.43. The van der Waals surface area contributed by atoms with Crippen LogP contribution in [0, 0.1) is 5.82 Å². The summed E-state index contributed by atoms with van der Waals surface area (Å²) in [5.41, 5.74) is 0. The summed E-state index contributed by atoms with van der Waals surface area (Å²) in [5.74, 6) is -1.37. The monoisotopic (exact) mass is 359 g/mol. The van der Waals surface area contributed by atoms with Crippen LogP contribution >= 0.6 is 0 Å². The first-order valence-corrected chi connectivity index (χ1v) is 9.09. The molecule has 1 heterocycles. The number of esters is 1. The molecule has 0 unspecified atom stereocenters. The second kappa shape index (κ2) is 7.61. The van der Waals surface area contributed by atoms with Gasteiger partial charge in [-0.3, -0.25) is 4.79 Å². The summed E-state index contributed by atoms with van der Waals surface area (Å²) in [7, 11) is -1.61. The fraction of sp³-hybridized carbons (Fsp3) is 0.467. The van der Waals surface area contributed by atoms with Gasteiger partial charge in [-0.1, -0.05) is 0 Å². The maximum Gasteiger partial charge on any atom is 0.344 e. The number of hydrogen-bond acceptors (Lipinski definition) is 6. The Labute approximate surface area is 139 Å². The molecule has 1 amide bonds. The molecule has 0 saturated carbocycles. The van der Waals surface area contributed by atoms with Crippen LogP contribution in [0.2, 0.25) is 0 Å². The molecule has 24 heavy (non-hydrogen) atoms. The van der Waals surface area contributed by atoms with Gasteiger partial charge in [0, 0.05) is 13.1 Å². The minimum atomic E-state index is -3.10. The highest BCUT2D eigenvalue weighted by Gasteiger charge is 2.32. The van der Waals surface area contributed by atoms with E-state index in [2.05, 4.69) is 0 Å². The van der Waals surface area contributed by atoms with Gasteiger partial charge in [0.25, 0.3) is 5.91 Å². The van der Waals surface area contributed by atoms with Crippen molar-refractivity contribution in [1.82, 2.24) is 4.90 Å². The molecule has 0 bridgehead atoms. The third-order valence-electron chi connectivity index (χ3n) is 3.68. The Morgan fingerprint density at radius 1 is 1.25 bits per heavy atom. The number of sulfone groups is 1.